The van der Waals surface area contributed by atoms with E-state index in [4.69, 9.17) is 5.11 Å². The summed E-state index contributed by atoms with van der Waals surface area (Å²) in [6, 6.07) is 20.3. The second kappa shape index (κ2) is 9.87. The second-order valence-corrected chi connectivity index (χ2v) is 8.65. The number of rotatable bonds is 5. The number of nitrogens with zero attached hydrogens (tertiary/aromatic N) is 1. The van der Waals surface area contributed by atoms with Gasteiger partial charge in [0.25, 0.3) is 0 Å². The van der Waals surface area contributed by atoms with Gasteiger partial charge in [-0.3, -0.25) is 4.79 Å². The summed E-state index contributed by atoms with van der Waals surface area (Å²) in [6.07, 6.45) is 1.37. The third-order valence-corrected chi connectivity index (χ3v) is 6.06. The van der Waals surface area contributed by atoms with Gasteiger partial charge in [-0.15, -0.1) is 0 Å². The molecule has 3 aromatic carbocycles. The van der Waals surface area contributed by atoms with Gasteiger partial charge in [-0.2, -0.15) is 0 Å². The van der Waals surface area contributed by atoms with E-state index in [0.29, 0.717) is 24.3 Å². The highest BCUT2D eigenvalue weighted by Gasteiger charge is 2.34. The van der Waals surface area contributed by atoms with Crippen LogP contribution >= 0.6 is 15.9 Å². The Morgan fingerprint density at radius 2 is 1.36 bits per heavy atom. The minimum Gasteiger partial charge on any atom is -0.478 e. The van der Waals surface area contributed by atoms with E-state index in [0.717, 1.165) is 22.0 Å². The molecule has 0 saturated carbocycles. The number of halogens is 1. The summed E-state index contributed by atoms with van der Waals surface area (Å²) in [5.41, 5.74) is 3.31. The van der Waals surface area contributed by atoms with Gasteiger partial charge in [0.2, 0.25) is 5.91 Å². The third kappa shape index (κ3) is 5.40. The Morgan fingerprint density at radius 3 is 1.97 bits per heavy atom. The van der Waals surface area contributed by atoms with E-state index in [9.17, 15) is 14.4 Å². The van der Waals surface area contributed by atoms with Crippen LogP contribution in [0.15, 0.2) is 77.3 Å². The summed E-state index contributed by atoms with van der Waals surface area (Å²) in [6.45, 7) is 0.520. The number of anilines is 2. The molecule has 168 valence electrons. The van der Waals surface area contributed by atoms with Crippen molar-refractivity contribution in [1.82, 2.24) is 4.90 Å². The van der Waals surface area contributed by atoms with Crippen LogP contribution in [-0.2, 0) is 4.79 Å². The molecule has 0 unspecified atom stereocenters. The summed E-state index contributed by atoms with van der Waals surface area (Å²) < 4.78 is 0.919. The van der Waals surface area contributed by atoms with E-state index in [1.165, 1.54) is 0 Å². The molecule has 1 aliphatic rings. The van der Waals surface area contributed by atoms with Crippen molar-refractivity contribution < 1.29 is 19.5 Å². The number of aromatic carboxylic acids is 1. The third-order valence-electron chi connectivity index (χ3n) is 5.53. The highest BCUT2D eigenvalue weighted by molar-refractivity contribution is 9.10. The molecule has 3 N–H and O–H groups in total. The van der Waals surface area contributed by atoms with Crippen LogP contribution in [0.25, 0.3) is 11.1 Å². The van der Waals surface area contributed by atoms with Crippen LogP contribution in [0.2, 0.25) is 0 Å². The number of likely N-dealkylation sites (tertiary alicyclic amines) is 1. The van der Waals surface area contributed by atoms with E-state index in [-0.39, 0.29) is 17.5 Å². The Bertz CT molecular complexity index is 1160. The fourth-order valence-electron chi connectivity index (χ4n) is 3.79. The van der Waals surface area contributed by atoms with Crippen molar-refractivity contribution in [2.24, 2.45) is 0 Å². The lowest BCUT2D eigenvalue weighted by atomic mass is 10.0. The zero-order chi connectivity index (χ0) is 23.4. The molecule has 4 rings (SSSR count). The molecule has 0 aromatic heterocycles. The largest absolute Gasteiger partial charge is 0.478 e. The Kier molecular flexibility index (Phi) is 6.74. The lowest BCUT2D eigenvalue weighted by Crippen LogP contribution is -2.45. The second-order valence-electron chi connectivity index (χ2n) is 7.74. The monoisotopic (exact) mass is 507 g/mol. The van der Waals surface area contributed by atoms with Gasteiger partial charge in [-0.1, -0.05) is 40.2 Å². The number of carbonyl (C=O) groups is 3. The van der Waals surface area contributed by atoms with Crippen LogP contribution in [-0.4, -0.2) is 40.5 Å². The first-order valence-corrected chi connectivity index (χ1v) is 11.3. The molecule has 1 atom stereocenters. The Hall–Kier alpha value is -3.65. The van der Waals surface area contributed by atoms with Gasteiger partial charge in [0, 0.05) is 22.4 Å². The molecule has 0 radical (unpaired) electrons. The quantitative estimate of drug-likeness (QED) is 0.427. The molecule has 7 nitrogen and oxygen atoms in total. The van der Waals surface area contributed by atoms with E-state index in [2.05, 4.69) is 26.6 Å². The topological polar surface area (TPSA) is 98.7 Å². The normalized spacial score (nSPS) is 15.2. The Labute approximate surface area is 199 Å². The molecule has 0 bridgehead atoms. The highest BCUT2D eigenvalue weighted by Crippen LogP contribution is 2.24. The van der Waals surface area contributed by atoms with E-state index in [1.54, 1.807) is 53.4 Å². The molecule has 3 amide bonds. The number of urea groups is 1. The maximum atomic E-state index is 12.9. The first kappa shape index (κ1) is 22.5. The smallest absolute Gasteiger partial charge is 0.335 e. The van der Waals surface area contributed by atoms with Crippen molar-refractivity contribution >= 4 is 45.2 Å². The Balaban J connectivity index is 1.39. The van der Waals surface area contributed by atoms with Gasteiger partial charge in [0.05, 0.1) is 5.56 Å². The van der Waals surface area contributed by atoms with Gasteiger partial charge in [0.15, 0.2) is 0 Å². The lowest BCUT2D eigenvalue weighted by molar-refractivity contribution is -0.119. The van der Waals surface area contributed by atoms with E-state index < -0.39 is 12.0 Å². The van der Waals surface area contributed by atoms with Crippen LogP contribution in [0.3, 0.4) is 0 Å². The summed E-state index contributed by atoms with van der Waals surface area (Å²) in [5, 5.41) is 14.8. The fourth-order valence-corrected chi connectivity index (χ4v) is 4.05. The number of nitrogens with one attached hydrogen (secondary N) is 2. The molecular weight excluding hydrogens is 486 g/mol. The number of carboxylic acid groups (broad SMARTS) is 1. The summed E-state index contributed by atoms with van der Waals surface area (Å²) in [4.78, 5) is 38.2. The zero-order valence-electron chi connectivity index (χ0n) is 17.6. The molecule has 1 heterocycles. The number of benzene rings is 3. The fraction of sp³-hybridized carbons (Fsp3) is 0.160. The van der Waals surface area contributed by atoms with Crippen LogP contribution in [0, 0.1) is 0 Å². The molecule has 1 aliphatic heterocycles. The predicted octanol–water partition coefficient (Wildman–Crippen LogP) is 5.45. The number of carboxylic acids is 1. The van der Waals surface area contributed by atoms with Gasteiger partial charge in [0.1, 0.15) is 6.04 Å². The van der Waals surface area contributed by atoms with Crippen molar-refractivity contribution in [3.05, 3.63) is 82.8 Å². The number of carbonyl (C=O) groups excluding carboxylic acids is 2. The Morgan fingerprint density at radius 1 is 0.818 bits per heavy atom. The average molecular weight is 508 g/mol. The van der Waals surface area contributed by atoms with Crippen LogP contribution in [0.1, 0.15) is 23.2 Å². The predicted molar refractivity (Wildman–Crippen MR) is 130 cm³/mol. The molecule has 1 saturated heterocycles. The van der Waals surface area contributed by atoms with Gasteiger partial charge in [-0.25, -0.2) is 9.59 Å². The SMILES string of the molecule is O=C(O)c1ccc(-c2ccc(NC(=O)[C@H]3CCCN3C(=O)Nc3ccc(Br)cc3)cc2)cc1. The maximum absolute atomic E-state index is 12.9. The van der Waals surface area contributed by atoms with E-state index >= 15 is 0 Å². The van der Waals surface area contributed by atoms with Gasteiger partial charge < -0.3 is 20.6 Å². The van der Waals surface area contributed by atoms with Crippen molar-refractivity contribution in [1.29, 1.82) is 0 Å². The maximum Gasteiger partial charge on any atom is 0.335 e. The zero-order valence-corrected chi connectivity index (χ0v) is 19.2. The van der Waals surface area contributed by atoms with Crippen molar-refractivity contribution in [2.75, 3.05) is 17.2 Å². The van der Waals surface area contributed by atoms with Gasteiger partial charge >= 0.3 is 12.0 Å². The van der Waals surface area contributed by atoms with Crippen LogP contribution < -0.4 is 10.6 Å². The van der Waals surface area contributed by atoms with Crippen molar-refractivity contribution in [2.45, 2.75) is 18.9 Å². The van der Waals surface area contributed by atoms with Crippen LogP contribution in [0.4, 0.5) is 16.2 Å². The number of hydrogen-bond donors (Lipinski definition) is 3. The standard InChI is InChI=1S/C25H22BrN3O4/c26-19-9-13-21(14-10-19)28-25(33)29-15-1-2-22(29)23(30)27-20-11-7-17(8-12-20)16-3-5-18(6-4-16)24(31)32/h3-14,22H,1-2,15H2,(H,27,30)(H,28,33)(H,31,32)/t22-/m1/s1. The molecule has 0 spiro atoms. The summed E-state index contributed by atoms with van der Waals surface area (Å²) in [7, 11) is 0. The van der Waals surface area contributed by atoms with Crippen molar-refractivity contribution in [3.63, 3.8) is 0 Å². The number of hydrogen-bond acceptors (Lipinski definition) is 3. The minimum absolute atomic E-state index is 0.225. The average Bonchev–Trinajstić information content (AvgIpc) is 3.32. The molecule has 0 aliphatic carbocycles. The van der Waals surface area contributed by atoms with Gasteiger partial charge in [-0.05, 0) is 72.5 Å². The first-order chi connectivity index (χ1) is 15.9. The lowest BCUT2D eigenvalue weighted by Gasteiger charge is -2.24. The minimum atomic E-state index is -0.967. The summed E-state index contributed by atoms with van der Waals surface area (Å²) >= 11 is 3.37. The molecule has 3 aromatic rings. The molecule has 8 heteroatoms. The van der Waals surface area contributed by atoms with Crippen molar-refractivity contribution in [3.8, 4) is 11.1 Å². The summed E-state index contributed by atoms with van der Waals surface area (Å²) in [5.74, 6) is -1.19. The molecule has 1 fully saturated rings. The molecule has 33 heavy (non-hydrogen) atoms. The molecular formula is C25H22BrN3O4. The van der Waals surface area contributed by atoms with Crippen LogP contribution in [0.5, 0.6) is 0 Å². The number of amides is 3. The first-order valence-electron chi connectivity index (χ1n) is 10.5. The highest BCUT2D eigenvalue weighted by atomic mass is 79.9. The van der Waals surface area contributed by atoms with E-state index in [1.807, 2.05) is 24.3 Å².